The van der Waals surface area contributed by atoms with Crippen molar-refractivity contribution in [3.63, 3.8) is 0 Å². The SMILES string of the molecule is O=C(CCc1ccncc1)Cc1c(F)ccc(Br)c1F. The summed E-state index contributed by atoms with van der Waals surface area (Å²) in [6, 6.07) is 6.06. The van der Waals surface area contributed by atoms with E-state index in [1.54, 1.807) is 12.4 Å². The Hall–Kier alpha value is -1.62. The summed E-state index contributed by atoms with van der Waals surface area (Å²) in [6.45, 7) is 0. The number of nitrogens with zero attached hydrogens (tertiary/aromatic N) is 1. The Balaban J connectivity index is 2.00. The molecule has 2 rings (SSSR count). The molecule has 2 nitrogen and oxygen atoms in total. The van der Waals surface area contributed by atoms with Gasteiger partial charge in [0.1, 0.15) is 17.4 Å². The first-order valence-corrected chi connectivity index (χ1v) is 6.90. The van der Waals surface area contributed by atoms with Crippen molar-refractivity contribution in [1.82, 2.24) is 4.98 Å². The van der Waals surface area contributed by atoms with E-state index in [-0.39, 0.29) is 28.7 Å². The lowest BCUT2D eigenvalue weighted by atomic mass is 10.0. The molecule has 0 fully saturated rings. The number of aromatic nitrogens is 1. The largest absolute Gasteiger partial charge is 0.299 e. The van der Waals surface area contributed by atoms with Crippen molar-refractivity contribution in [1.29, 1.82) is 0 Å². The Morgan fingerprint density at radius 1 is 1.15 bits per heavy atom. The van der Waals surface area contributed by atoms with Gasteiger partial charge in [0, 0.05) is 30.8 Å². The van der Waals surface area contributed by atoms with E-state index in [0.29, 0.717) is 6.42 Å². The lowest BCUT2D eigenvalue weighted by molar-refractivity contribution is -0.118. The van der Waals surface area contributed by atoms with Gasteiger partial charge in [-0.25, -0.2) is 8.78 Å². The first-order chi connectivity index (χ1) is 9.58. The minimum Gasteiger partial charge on any atom is -0.299 e. The molecule has 104 valence electrons. The van der Waals surface area contributed by atoms with Crippen LogP contribution in [0.1, 0.15) is 17.5 Å². The smallest absolute Gasteiger partial charge is 0.143 e. The predicted molar refractivity (Wildman–Crippen MR) is 75.3 cm³/mol. The van der Waals surface area contributed by atoms with E-state index in [4.69, 9.17) is 0 Å². The molecule has 0 radical (unpaired) electrons. The zero-order chi connectivity index (χ0) is 14.5. The van der Waals surface area contributed by atoms with E-state index in [0.717, 1.165) is 11.6 Å². The average Bonchev–Trinajstić information content (AvgIpc) is 2.46. The minimum atomic E-state index is -0.706. The molecule has 5 heteroatoms. The average molecular weight is 340 g/mol. The second-order valence-electron chi connectivity index (χ2n) is 4.39. The number of Topliss-reactive ketones (excluding diaryl/α,β-unsaturated/α-hetero) is 1. The van der Waals surface area contributed by atoms with Crippen molar-refractivity contribution in [3.8, 4) is 0 Å². The Kier molecular flexibility index (Phi) is 4.95. The molecule has 0 saturated carbocycles. The van der Waals surface area contributed by atoms with Gasteiger partial charge < -0.3 is 0 Å². The maximum absolute atomic E-state index is 13.7. The van der Waals surface area contributed by atoms with Crippen LogP contribution in [0.5, 0.6) is 0 Å². The Labute approximate surface area is 124 Å². The van der Waals surface area contributed by atoms with Crippen molar-refractivity contribution in [3.05, 3.63) is 63.9 Å². The van der Waals surface area contributed by atoms with Gasteiger partial charge in [-0.05, 0) is 52.2 Å². The van der Waals surface area contributed by atoms with Gasteiger partial charge in [-0.2, -0.15) is 0 Å². The molecule has 1 aromatic carbocycles. The van der Waals surface area contributed by atoms with Crippen LogP contribution in [0.15, 0.2) is 41.1 Å². The number of aryl methyl sites for hydroxylation is 1. The first-order valence-electron chi connectivity index (χ1n) is 6.11. The van der Waals surface area contributed by atoms with Crippen LogP contribution < -0.4 is 0 Å². The molecule has 0 saturated heterocycles. The molecule has 0 aliphatic heterocycles. The third-order valence-electron chi connectivity index (χ3n) is 2.95. The van der Waals surface area contributed by atoms with E-state index in [9.17, 15) is 13.6 Å². The fourth-order valence-corrected chi connectivity index (χ4v) is 2.22. The summed E-state index contributed by atoms with van der Waals surface area (Å²) in [6.07, 6.45) is 3.84. The van der Waals surface area contributed by atoms with Crippen molar-refractivity contribution in [2.45, 2.75) is 19.3 Å². The van der Waals surface area contributed by atoms with Gasteiger partial charge in [-0.15, -0.1) is 0 Å². The van der Waals surface area contributed by atoms with Crippen molar-refractivity contribution in [2.24, 2.45) is 0 Å². The van der Waals surface area contributed by atoms with Crippen LogP contribution in [0.4, 0.5) is 8.78 Å². The van der Waals surface area contributed by atoms with Crippen LogP contribution in [0, 0.1) is 11.6 Å². The lowest BCUT2D eigenvalue weighted by Gasteiger charge is -2.06. The molecule has 0 aliphatic rings. The second kappa shape index (κ2) is 6.70. The number of hydrogen-bond acceptors (Lipinski definition) is 2. The van der Waals surface area contributed by atoms with Crippen LogP contribution in [0.3, 0.4) is 0 Å². The van der Waals surface area contributed by atoms with Crippen LogP contribution >= 0.6 is 15.9 Å². The molecule has 2 aromatic rings. The van der Waals surface area contributed by atoms with E-state index in [1.165, 1.54) is 6.07 Å². The van der Waals surface area contributed by atoms with Gasteiger partial charge >= 0.3 is 0 Å². The van der Waals surface area contributed by atoms with Crippen molar-refractivity contribution in [2.75, 3.05) is 0 Å². The van der Waals surface area contributed by atoms with Gasteiger partial charge in [0.15, 0.2) is 0 Å². The summed E-state index contributed by atoms with van der Waals surface area (Å²) in [5.74, 6) is -1.59. The predicted octanol–water partition coefficient (Wildman–Crippen LogP) is 3.87. The minimum absolute atomic E-state index is 0.163. The number of hydrogen-bond donors (Lipinski definition) is 0. The molecule has 0 spiro atoms. The quantitative estimate of drug-likeness (QED) is 0.774. The highest BCUT2D eigenvalue weighted by atomic mass is 79.9. The molecule has 0 amide bonds. The molecule has 20 heavy (non-hydrogen) atoms. The molecule has 1 aromatic heterocycles. The number of pyridine rings is 1. The summed E-state index contributed by atoms with van der Waals surface area (Å²) < 4.78 is 27.4. The molecule has 0 bridgehead atoms. The van der Waals surface area contributed by atoms with Gasteiger partial charge in [0.2, 0.25) is 0 Å². The highest BCUT2D eigenvalue weighted by Crippen LogP contribution is 2.22. The second-order valence-corrected chi connectivity index (χ2v) is 5.25. The lowest BCUT2D eigenvalue weighted by Crippen LogP contribution is -2.08. The van der Waals surface area contributed by atoms with Gasteiger partial charge in [-0.1, -0.05) is 0 Å². The number of benzene rings is 1. The molecule has 0 N–H and O–H groups in total. The van der Waals surface area contributed by atoms with Crippen LogP contribution in [0.2, 0.25) is 0 Å². The van der Waals surface area contributed by atoms with E-state index in [1.807, 2.05) is 12.1 Å². The van der Waals surface area contributed by atoms with Gasteiger partial charge in [0.25, 0.3) is 0 Å². The summed E-state index contributed by atoms with van der Waals surface area (Å²) >= 11 is 2.99. The first kappa shape index (κ1) is 14.8. The molecule has 0 aliphatic carbocycles. The van der Waals surface area contributed by atoms with E-state index in [2.05, 4.69) is 20.9 Å². The van der Waals surface area contributed by atoms with E-state index >= 15 is 0 Å². The maximum atomic E-state index is 13.7. The zero-order valence-corrected chi connectivity index (χ0v) is 12.2. The van der Waals surface area contributed by atoms with Crippen LogP contribution in [-0.2, 0) is 17.6 Å². The number of ketones is 1. The Morgan fingerprint density at radius 3 is 2.55 bits per heavy atom. The zero-order valence-electron chi connectivity index (χ0n) is 10.6. The normalized spacial score (nSPS) is 10.6. The van der Waals surface area contributed by atoms with Crippen molar-refractivity contribution >= 4 is 21.7 Å². The van der Waals surface area contributed by atoms with Gasteiger partial charge in [-0.3, -0.25) is 9.78 Å². The standard InChI is InChI=1S/C15H12BrF2NO/c16-13-3-4-14(17)12(15(13)18)9-11(20)2-1-10-5-7-19-8-6-10/h3-8H,1-2,9H2. The highest BCUT2D eigenvalue weighted by Gasteiger charge is 2.15. The molecule has 1 heterocycles. The maximum Gasteiger partial charge on any atom is 0.143 e. The Morgan fingerprint density at radius 2 is 1.85 bits per heavy atom. The number of halogens is 3. The summed E-state index contributed by atoms with van der Waals surface area (Å²) in [7, 11) is 0. The van der Waals surface area contributed by atoms with Gasteiger partial charge in [0.05, 0.1) is 4.47 Å². The third kappa shape index (κ3) is 3.70. The topological polar surface area (TPSA) is 30.0 Å². The Bertz CT molecular complexity index is 617. The van der Waals surface area contributed by atoms with E-state index < -0.39 is 11.6 Å². The highest BCUT2D eigenvalue weighted by molar-refractivity contribution is 9.10. The summed E-state index contributed by atoms with van der Waals surface area (Å²) in [4.78, 5) is 15.7. The number of carbonyl (C=O) groups excluding carboxylic acids is 1. The monoisotopic (exact) mass is 339 g/mol. The fourth-order valence-electron chi connectivity index (χ4n) is 1.85. The molecule has 0 atom stereocenters. The fraction of sp³-hybridized carbons (Fsp3) is 0.200. The molecule has 0 unspecified atom stereocenters. The van der Waals surface area contributed by atoms with Crippen LogP contribution in [0.25, 0.3) is 0 Å². The molecular formula is C15H12BrF2NO. The van der Waals surface area contributed by atoms with Crippen LogP contribution in [-0.4, -0.2) is 10.8 Å². The third-order valence-corrected chi connectivity index (χ3v) is 3.57. The number of carbonyl (C=O) groups is 1. The summed E-state index contributed by atoms with van der Waals surface area (Å²) in [5.41, 5.74) is 0.794. The van der Waals surface area contributed by atoms with Crippen molar-refractivity contribution < 1.29 is 13.6 Å². The number of rotatable bonds is 5. The molecular weight excluding hydrogens is 328 g/mol. The summed E-state index contributed by atoms with van der Waals surface area (Å²) in [5, 5.41) is 0.